The van der Waals surface area contributed by atoms with Gasteiger partial charge in [-0.1, -0.05) is 53.7 Å². The molecule has 2 aromatic carbocycles. The predicted molar refractivity (Wildman–Crippen MR) is 157 cm³/mol. The molecule has 3 atom stereocenters. The molecule has 214 valence electrons. The van der Waals surface area contributed by atoms with Crippen LogP contribution in [-0.2, 0) is 14.4 Å². The first kappa shape index (κ1) is 27.8. The highest BCUT2D eigenvalue weighted by molar-refractivity contribution is 8.15. The molecule has 4 heterocycles. The summed E-state index contributed by atoms with van der Waals surface area (Å²) >= 11 is 7.58. The average Bonchev–Trinajstić information content (AvgIpc) is 3.50. The number of hydrazone groups is 1. The fourth-order valence-electron chi connectivity index (χ4n) is 4.96. The third-order valence-corrected chi connectivity index (χ3v) is 8.85. The number of rotatable bonds is 7. The van der Waals surface area contributed by atoms with Crippen LogP contribution >= 0.6 is 23.4 Å². The molecule has 3 aliphatic rings. The van der Waals surface area contributed by atoms with Crippen LogP contribution in [0.3, 0.4) is 0 Å². The first-order valence-electron chi connectivity index (χ1n) is 13.0. The van der Waals surface area contributed by atoms with Gasteiger partial charge in [0.05, 0.1) is 5.69 Å². The van der Waals surface area contributed by atoms with Gasteiger partial charge in [0, 0.05) is 40.7 Å². The minimum absolute atomic E-state index is 0.0121. The second kappa shape index (κ2) is 11.1. The van der Waals surface area contributed by atoms with Crippen LogP contribution in [0, 0.1) is 12.7 Å². The van der Waals surface area contributed by atoms with Crippen LogP contribution in [0.2, 0.25) is 5.02 Å². The summed E-state index contributed by atoms with van der Waals surface area (Å²) in [5, 5.41) is 8.91. The number of aromatic nitrogens is 2. The summed E-state index contributed by atoms with van der Waals surface area (Å²) in [6.07, 6.45) is 3.70. The van der Waals surface area contributed by atoms with Crippen LogP contribution in [-0.4, -0.2) is 78.9 Å². The lowest BCUT2D eigenvalue weighted by Crippen LogP contribution is -2.58. The van der Waals surface area contributed by atoms with Gasteiger partial charge in [0.25, 0.3) is 5.91 Å². The van der Waals surface area contributed by atoms with Crippen LogP contribution in [0.25, 0.3) is 11.1 Å². The Labute approximate surface area is 249 Å². The molecule has 0 bridgehead atoms. The maximum absolute atomic E-state index is 15.4. The van der Waals surface area contributed by atoms with E-state index >= 15 is 4.39 Å². The second-order valence-corrected chi connectivity index (χ2v) is 11.4. The van der Waals surface area contributed by atoms with Crippen molar-refractivity contribution in [2.24, 2.45) is 15.8 Å². The Morgan fingerprint density at radius 1 is 1.12 bits per heavy atom. The van der Waals surface area contributed by atoms with Gasteiger partial charge in [-0.15, -0.1) is 0 Å². The number of aryl methyl sites for hydroxylation is 1. The number of thioether (sulfide) groups is 1. The molecule has 1 saturated heterocycles. The van der Waals surface area contributed by atoms with Gasteiger partial charge in [-0.3, -0.25) is 24.4 Å². The first-order chi connectivity index (χ1) is 20.2. The molecule has 0 saturated carbocycles. The van der Waals surface area contributed by atoms with E-state index in [0.29, 0.717) is 40.0 Å². The zero-order valence-electron chi connectivity index (χ0n) is 22.2. The minimum atomic E-state index is -0.786. The number of hydrogen-bond acceptors (Lipinski definition) is 9. The van der Waals surface area contributed by atoms with E-state index in [9.17, 15) is 14.4 Å². The third kappa shape index (κ3) is 5.09. The van der Waals surface area contributed by atoms with Gasteiger partial charge in [0.2, 0.25) is 11.8 Å². The van der Waals surface area contributed by atoms with Crippen molar-refractivity contribution in [3.05, 3.63) is 77.1 Å². The van der Waals surface area contributed by atoms with Crippen molar-refractivity contribution in [1.82, 2.24) is 19.9 Å². The average molecular weight is 607 g/mol. The molecule has 6 rings (SSSR count). The number of nitrogens with one attached hydrogen (secondary N) is 1. The van der Waals surface area contributed by atoms with Crippen molar-refractivity contribution in [2.75, 3.05) is 18.4 Å². The lowest BCUT2D eigenvalue weighted by Gasteiger charge is -2.40. The zero-order valence-corrected chi connectivity index (χ0v) is 23.8. The number of amides is 3. The Kier molecular flexibility index (Phi) is 7.37. The molecule has 3 N–H and O–H groups in total. The Balaban J connectivity index is 1.14. The van der Waals surface area contributed by atoms with E-state index in [-0.39, 0.29) is 29.4 Å². The maximum Gasteiger partial charge on any atom is 0.267 e. The molecule has 1 aromatic heterocycles. The number of fused-ring (bicyclic) bond motifs is 1. The van der Waals surface area contributed by atoms with Crippen molar-refractivity contribution >= 4 is 57.5 Å². The van der Waals surface area contributed by atoms with E-state index in [1.54, 1.807) is 55.7 Å². The summed E-state index contributed by atoms with van der Waals surface area (Å²) in [5.74, 6) is -1.62. The molecule has 0 spiro atoms. The molecule has 3 amide bonds. The Hall–Kier alpha value is -4.36. The fraction of sp³-hybridized carbons (Fsp3) is 0.250. The fourth-order valence-corrected chi connectivity index (χ4v) is 6.40. The van der Waals surface area contributed by atoms with Gasteiger partial charge in [0.1, 0.15) is 34.9 Å². The number of nitrogens with two attached hydrogens (primary N) is 1. The first-order valence-corrected chi connectivity index (χ1v) is 14.3. The highest BCUT2D eigenvalue weighted by atomic mass is 35.5. The SMILES string of the molecule is Cc1ncc(C2=NC3C(C(N)=O)=NN(CC(=O)N4CC[C@H]4C(=O)Nc4cccc(-c5ccccc5Cl)c4F)C3S2)cn1. The van der Waals surface area contributed by atoms with E-state index in [1.165, 1.54) is 27.7 Å². The standard InChI is InChI=1S/C28H24ClFN8O3S/c1-14-32-11-15(12-33-14)27-35-24-23(25(31)40)36-38(28(24)42-27)13-21(39)37-10-9-20(37)26(41)34-19-8-4-6-17(22(19)30)16-5-2-3-7-18(16)29/h2-8,11-12,20,24,28H,9-10,13H2,1H3,(H2,31,40)(H,34,41)/t20-,24?,28?/m0/s1. The maximum atomic E-state index is 15.4. The molecule has 2 unspecified atom stereocenters. The van der Waals surface area contributed by atoms with Gasteiger partial charge in [-0.05, 0) is 25.5 Å². The van der Waals surface area contributed by atoms with E-state index in [1.807, 2.05) is 0 Å². The quantitative estimate of drug-likeness (QED) is 0.420. The van der Waals surface area contributed by atoms with Crippen LogP contribution in [0.1, 0.15) is 17.8 Å². The van der Waals surface area contributed by atoms with Crippen molar-refractivity contribution in [2.45, 2.75) is 30.8 Å². The number of aliphatic imine (C=N–C) groups is 1. The number of benzene rings is 2. The largest absolute Gasteiger partial charge is 0.364 e. The third-order valence-electron chi connectivity index (χ3n) is 7.21. The van der Waals surface area contributed by atoms with E-state index < -0.39 is 35.1 Å². The molecule has 14 heteroatoms. The Bertz CT molecular complexity index is 1670. The smallest absolute Gasteiger partial charge is 0.267 e. The van der Waals surface area contributed by atoms with Crippen LogP contribution in [0.5, 0.6) is 0 Å². The molecule has 3 aliphatic heterocycles. The zero-order chi connectivity index (χ0) is 29.5. The summed E-state index contributed by atoms with van der Waals surface area (Å²) in [6.45, 7) is 1.92. The number of hydrogen-bond donors (Lipinski definition) is 2. The van der Waals surface area contributed by atoms with Gasteiger partial charge in [-0.25, -0.2) is 14.4 Å². The summed E-state index contributed by atoms with van der Waals surface area (Å²) < 4.78 is 15.4. The second-order valence-electron chi connectivity index (χ2n) is 9.88. The molecule has 1 fully saturated rings. The van der Waals surface area contributed by atoms with Crippen LogP contribution < -0.4 is 11.1 Å². The van der Waals surface area contributed by atoms with Crippen molar-refractivity contribution in [1.29, 1.82) is 0 Å². The number of nitrogens with zero attached hydrogens (tertiary/aromatic N) is 6. The molecule has 42 heavy (non-hydrogen) atoms. The number of primary amides is 1. The Morgan fingerprint density at radius 3 is 2.55 bits per heavy atom. The van der Waals surface area contributed by atoms with E-state index in [4.69, 9.17) is 17.3 Å². The highest BCUT2D eigenvalue weighted by Gasteiger charge is 2.47. The number of carbonyl (C=O) groups is 3. The molecule has 0 aliphatic carbocycles. The normalized spacial score (nSPS) is 20.9. The van der Waals surface area contributed by atoms with Crippen molar-refractivity contribution in [3.63, 3.8) is 0 Å². The van der Waals surface area contributed by atoms with Crippen molar-refractivity contribution in [3.8, 4) is 11.1 Å². The minimum Gasteiger partial charge on any atom is -0.364 e. The highest BCUT2D eigenvalue weighted by Crippen LogP contribution is 2.38. The topological polar surface area (TPSA) is 146 Å². The molecule has 3 aromatic rings. The molecular formula is C28H24ClFN8O3S. The number of anilines is 1. The van der Waals surface area contributed by atoms with Gasteiger partial charge < -0.3 is 16.0 Å². The van der Waals surface area contributed by atoms with E-state index in [0.717, 1.165) is 0 Å². The van der Waals surface area contributed by atoms with Gasteiger partial charge in [-0.2, -0.15) is 5.10 Å². The number of halogens is 2. The number of carbonyl (C=O) groups excluding carboxylic acids is 3. The van der Waals surface area contributed by atoms with Crippen molar-refractivity contribution < 1.29 is 18.8 Å². The predicted octanol–water partition coefficient (Wildman–Crippen LogP) is 2.83. The molecular weight excluding hydrogens is 583 g/mol. The Morgan fingerprint density at radius 2 is 1.86 bits per heavy atom. The summed E-state index contributed by atoms with van der Waals surface area (Å²) in [4.78, 5) is 53.0. The lowest BCUT2D eigenvalue weighted by molar-refractivity contribution is -0.146. The lowest BCUT2D eigenvalue weighted by atomic mass is 10.0. The number of likely N-dealkylation sites (tertiary alicyclic amines) is 1. The van der Waals surface area contributed by atoms with Crippen LogP contribution in [0.4, 0.5) is 10.1 Å². The molecule has 0 radical (unpaired) electrons. The van der Waals surface area contributed by atoms with Gasteiger partial charge >= 0.3 is 0 Å². The van der Waals surface area contributed by atoms with E-state index in [2.05, 4.69) is 25.4 Å². The monoisotopic (exact) mass is 606 g/mol. The van der Waals surface area contributed by atoms with Gasteiger partial charge in [0.15, 0.2) is 11.5 Å². The summed E-state index contributed by atoms with van der Waals surface area (Å²) in [7, 11) is 0. The van der Waals surface area contributed by atoms with Crippen LogP contribution in [0.15, 0.2) is 65.0 Å². The summed E-state index contributed by atoms with van der Waals surface area (Å²) in [5.41, 5.74) is 7.03. The molecule has 11 nitrogen and oxygen atoms in total. The summed E-state index contributed by atoms with van der Waals surface area (Å²) in [6, 6.07) is 10.1.